The summed E-state index contributed by atoms with van der Waals surface area (Å²) in [6, 6.07) is 0. The minimum absolute atomic E-state index is 0.0208. The molecule has 0 aromatic heterocycles. The number of likely N-dealkylation sites (N-methyl/N-ethyl adjacent to an activating group) is 1. The maximum Gasteiger partial charge on any atom is 0.472 e. The lowest BCUT2D eigenvalue weighted by Gasteiger charge is -2.24. The molecule has 2 unspecified atom stereocenters. The molecule has 0 aliphatic carbocycles. The molecule has 0 bridgehead atoms. The molecule has 0 aromatic carbocycles. The minimum Gasteiger partial charge on any atom is -0.462 e. The molecule has 0 saturated carbocycles. The Bertz CT molecular complexity index is 1970. The van der Waals surface area contributed by atoms with Gasteiger partial charge in [-0.25, -0.2) is 4.57 Å². The van der Waals surface area contributed by atoms with Gasteiger partial charge in [0.15, 0.2) is 6.10 Å². The van der Waals surface area contributed by atoms with Crippen molar-refractivity contribution in [3.63, 3.8) is 0 Å². The summed E-state index contributed by atoms with van der Waals surface area (Å²) >= 11 is 0. The van der Waals surface area contributed by atoms with E-state index in [1.54, 1.807) is 0 Å². The molecule has 0 amide bonds. The number of carbonyl (C=O) groups is 2. The highest BCUT2D eigenvalue weighted by Gasteiger charge is 2.27. The molecule has 0 aliphatic heterocycles. The van der Waals surface area contributed by atoms with Crippen LogP contribution in [0.25, 0.3) is 0 Å². The fourth-order valence-corrected chi connectivity index (χ4v) is 9.27. The summed E-state index contributed by atoms with van der Waals surface area (Å²) in [5.74, 6) is -0.823. The topological polar surface area (TPSA) is 108 Å². The Hall–Kier alpha value is -4.37. The molecule has 9 nitrogen and oxygen atoms in total. The van der Waals surface area contributed by atoms with E-state index < -0.39 is 26.5 Å². The SMILES string of the molecule is CC/C=C\C/C=C\C/C=C\C/C=C\C/C=C\C/C=C\C/C=C\CCCCCCCCCCCCCCCC(=O)OC(COC(=O)CCCCCCCC/C=C\C/C=C\C/C=C\C/C=C\C/C=C\C/C=C\CC)COP(=O)(O)OCC[N+](C)(C)C. The van der Waals surface area contributed by atoms with E-state index in [-0.39, 0.29) is 32.0 Å². The molecule has 0 rings (SSSR count). The third-order valence-corrected chi connectivity index (χ3v) is 14.5. The van der Waals surface area contributed by atoms with Crippen molar-refractivity contribution < 1.29 is 42.1 Å². The van der Waals surface area contributed by atoms with Crippen LogP contribution in [0, 0.1) is 0 Å². The molecule has 0 radical (unpaired) electrons. The monoisotopic (exact) mass is 1180 g/mol. The molecule has 0 fully saturated rings. The van der Waals surface area contributed by atoms with Crippen molar-refractivity contribution >= 4 is 19.8 Å². The van der Waals surface area contributed by atoms with Gasteiger partial charge < -0.3 is 18.9 Å². The lowest BCUT2D eigenvalue weighted by Crippen LogP contribution is -2.37. The van der Waals surface area contributed by atoms with Gasteiger partial charge in [0.2, 0.25) is 0 Å². The standard InChI is InChI=1S/C74H122NO8P/c1-6-8-10-12-14-16-18-20-22-24-26-28-30-32-33-34-35-36-37-38-39-40-41-43-45-47-49-51-53-55-57-59-61-63-65-67-74(77)83-72(71-82-84(78,79)81-69-68-75(3,4)5)70-80-73(76)66-64-62-60-58-56-54-52-50-48-46-44-42-31-29-27-25-23-21-19-17-15-13-11-9-7-2/h8-11,14-17,20-23,26-29,32-33,35-36,38-39,42,44,48,50,72H,6-7,12-13,18-19,24-25,30-31,34,37,40-41,43,45-47,49,51-71H2,1-5H3/p+1/b10-8-,11-9-,16-14-,17-15-,22-20-,23-21-,28-26-,29-27-,33-32-,36-35-,39-38-,44-42-,50-48-. The maximum atomic E-state index is 12.9. The third-order valence-electron chi connectivity index (χ3n) is 13.6. The zero-order valence-electron chi connectivity index (χ0n) is 54.1. The number of rotatable bonds is 59. The third kappa shape index (κ3) is 66.8. The molecular weight excluding hydrogens is 1060 g/mol. The van der Waals surface area contributed by atoms with Crippen molar-refractivity contribution in [2.75, 3.05) is 47.5 Å². The summed E-state index contributed by atoms with van der Waals surface area (Å²) in [6.07, 6.45) is 94.7. The van der Waals surface area contributed by atoms with E-state index in [4.69, 9.17) is 18.5 Å². The Labute approximate surface area is 516 Å². The van der Waals surface area contributed by atoms with Crippen molar-refractivity contribution in [2.45, 2.75) is 251 Å². The number of phosphoric ester groups is 1. The Kier molecular flexibility index (Phi) is 59.9. The normalized spacial score (nSPS) is 14.2. The van der Waals surface area contributed by atoms with Crippen LogP contribution in [0.3, 0.4) is 0 Å². The quantitative estimate of drug-likeness (QED) is 0.0211. The van der Waals surface area contributed by atoms with Gasteiger partial charge in [-0.2, -0.15) is 0 Å². The molecule has 2 atom stereocenters. The van der Waals surface area contributed by atoms with Crippen LogP contribution < -0.4 is 0 Å². The van der Waals surface area contributed by atoms with Crippen LogP contribution in [0.15, 0.2) is 158 Å². The van der Waals surface area contributed by atoms with Gasteiger partial charge in [-0.1, -0.05) is 268 Å². The minimum atomic E-state index is -4.41. The molecule has 0 aliphatic rings. The van der Waals surface area contributed by atoms with E-state index >= 15 is 0 Å². The summed E-state index contributed by atoms with van der Waals surface area (Å²) in [7, 11) is 1.45. The number of ether oxygens (including phenoxy) is 2. The maximum absolute atomic E-state index is 12.9. The number of carbonyl (C=O) groups excluding carboxylic acids is 2. The van der Waals surface area contributed by atoms with Crippen molar-refractivity contribution in [3.05, 3.63) is 158 Å². The first-order valence-corrected chi connectivity index (χ1v) is 34.7. The number of hydrogen-bond acceptors (Lipinski definition) is 7. The predicted octanol–water partition coefficient (Wildman–Crippen LogP) is 21.6. The summed E-state index contributed by atoms with van der Waals surface area (Å²) in [5.41, 5.74) is 0. The number of unbranched alkanes of at least 4 members (excludes halogenated alkanes) is 19. The lowest BCUT2D eigenvalue weighted by atomic mass is 10.0. The van der Waals surface area contributed by atoms with Gasteiger partial charge in [0, 0.05) is 12.8 Å². The van der Waals surface area contributed by atoms with Crippen molar-refractivity contribution in [1.29, 1.82) is 0 Å². The number of quaternary nitrogens is 1. The summed E-state index contributed by atoms with van der Waals surface area (Å²) < 4.78 is 34.7. The van der Waals surface area contributed by atoms with Crippen LogP contribution in [0.2, 0.25) is 0 Å². The van der Waals surface area contributed by atoms with E-state index in [9.17, 15) is 19.0 Å². The molecule has 0 heterocycles. The number of allylic oxidation sites excluding steroid dienone is 26. The van der Waals surface area contributed by atoms with Gasteiger partial charge in [0.25, 0.3) is 0 Å². The summed E-state index contributed by atoms with van der Waals surface area (Å²) in [6.45, 7) is 4.18. The molecule has 476 valence electrons. The number of hydrogen-bond donors (Lipinski definition) is 1. The zero-order valence-corrected chi connectivity index (χ0v) is 55.0. The fraction of sp³-hybridized carbons (Fsp3) is 0.622. The van der Waals surface area contributed by atoms with Gasteiger partial charge in [-0.3, -0.25) is 18.6 Å². The Morgan fingerprint density at radius 3 is 0.952 bits per heavy atom. The van der Waals surface area contributed by atoms with Crippen molar-refractivity contribution in [1.82, 2.24) is 0 Å². The summed E-state index contributed by atoms with van der Waals surface area (Å²) in [4.78, 5) is 35.8. The molecule has 0 spiro atoms. The fourth-order valence-electron chi connectivity index (χ4n) is 8.53. The van der Waals surface area contributed by atoms with E-state index in [0.717, 1.165) is 141 Å². The van der Waals surface area contributed by atoms with Crippen LogP contribution in [0.5, 0.6) is 0 Å². The van der Waals surface area contributed by atoms with E-state index in [1.807, 2.05) is 21.1 Å². The van der Waals surface area contributed by atoms with Gasteiger partial charge in [-0.05, 0) is 122 Å². The van der Waals surface area contributed by atoms with E-state index in [1.165, 1.54) is 64.2 Å². The molecule has 1 N–H and O–H groups in total. The first-order chi connectivity index (χ1) is 41.0. The smallest absolute Gasteiger partial charge is 0.462 e. The first-order valence-electron chi connectivity index (χ1n) is 33.2. The largest absolute Gasteiger partial charge is 0.472 e. The molecule has 84 heavy (non-hydrogen) atoms. The predicted molar refractivity (Wildman–Crippen MR) is 362 cm³/mol. The Morgan fingerprint density at radius 2 is 0.643 bits per heavy atom. The highest BCUT2D eigenvalue weighted by molar-refractivity contribution is 7.47. The van der Waals surface area contributed by atoms with Crippen molar-refractivity contribution in [3.8, 4) is 0 Å². The second-order valence-corrected chi connectivity index (χ2v) is 24.2. The van der Waals surface area contributed by atoms with Crippen LogP contribution in [-0.2, 0) is 32.7 Å². The van der Waals surface area contributed by atoms with Crippen molar-refractivity contribution in [2.24, 2.45) is 0 Å². The van der Waals surface area contributed by atoms with Crippen LogP contribution >= 0.6 is 7.82 Å². The van der Waals surface area contributed by atoms with Gasteiger partial charge in [0.05, 0.1) is 27.7 Å². The molecule has 0 saturated heterocycles. The highest BCUT2D eigenvalue weighted by atomic mass is 31.2. The number of nitrogens with zero attached hydrogens (tertiary/aromatic N) is 1. The molecule has 10 heteroatoms. The van der Waals surface area contributed by atoms with E-state index in [0.29, 0.717) is 23.9 Å². The summed E-state index contributed by atoms with van der Waals surface area (Å²) in [5, 5.41) is 0. The average molecular weight is 1190 g/mol. The van der Waals surface area contributed by atoms with Crippen LogP contribution in [-0.4, -0.2) is 74.9 Å². The van der Waals surface area contributed by atoms with Crippen LogP contribution in [0.1, 0.15) is 245 Å². The molecule has 0 aromatic rings. The zero-order chi connectivity index (χ0) is 61.2. The van der Waals surface area contributed by atoms with Gasteiger partial charge in [-0.15, -0.1) is 0 Å². The lowest BCUT2D eigenvalue weighted by molar-refractivity contribution is -0.870. The first kappa shape index (κ1) is 79.6. The number of esters is 2. The Balaban J connectivity index is 4.15. The van der Waals surface area contributed by atoms with Crippen LogP contribution in [0.4, 0.5) is 0 Å². The van der Waals surface area contributed by atoms with Gasteiger partial charge in [0.1, 0.15) is 19.8 Å². The Morgan fingerprint density at radius 1 is 0.369 bits per heavy atom. The average Bonchev–Trinajstić information content (AvgIpc) is 3.61. The van der Waals surface area contributed by atoms with Gasteiger partial charge >= 0.3 is 19.8 Å². The highest BCUT2D eigenvalue weighted by Crippen LogP contribution is 2.43. The van der Waals surface area contributed by atoms with E-state index in [2.05, 4.69) is 172 Å². The number of phosphoric acid groups is 1. The molecular formula is C74H123NO8P+. The second kappa shape index (κ2) is 63.1. The second-order valence-electron chi connectivity index (χ2n) is 22.7.